The molecule has 2 atom stereocenters. The van der Waals surface area contributed by atoms with E-state index in [1.54, 1.807) is 0 Å². The van der Waals surface area contributed by atoms with Crippen LogP contribution in [0.15, 0.2) is 30.3 Å². The van der Waals surface area contributed by atoms with Crippen LogP contribution in [0.2, 0.25) is 0 Å². The van der Waals surface area contributed by atoms with Crippen LogP contribution in [0.1, 0.15) is 38.4 Å². The number of benzene rings is 1. The summed E-state index contributed by atoms with van der Waals surface area (Å²) in [7, 11) is 4.40. The van der Waals surface area contributed by atoms with E-state index in [1.807, 2.05) is 30.3 Å². The van der Waals surface area contributed by atoms with Gasteiger partial charge >= 0.3 is 0 Å². The minimum absolute atomic E-state index is 0.212. The molecule has 2 heteroatoms. The zero-order valence-electron chi connectivity index (χ0n) is 11.6. The van der Waals surface area contributed by atoms with E-state index in [2.05, 4.69) is 27.9 Å². The number of rotatable bonds is 6. The summed E-state index contributed by atoms with van der Waals surface area (Å²) in [6.07, 6.45) is 2.03. The van der Waals surface area contributed by atoms with E-state index >= 15 is 0 Å². The van der Waals surface area contributed by atoms with Crippen molar-refractivity contribution >= 4 is 0 Å². The molecule has 0 fully saturated rings. The van der Waals surface area contributed by atoms with Crippen LogP contribution in [0.25, 0.3) is 0 Å². The Labute approximate surface area is 105 Å². The second kappa shape index (κ2) is 6.18. The molecule has 0 amide bonds. The average molecular weight is 236 g/mol. The van der Waals surface area contributed by atoms with E-state index in [0.717, 1.165) is 16.6 Å². The standard InChI is InChI=1S/C15H26NO/c1-5-6-12-16(3,4)13(2)15(17)14-10-8-7-9-11-14/h7-11,13,15,17H,5-6,12H2,1-4H3/q+1. The number of likely N-dealkylation sites (N-methyl/N-ethyl adjacent to an activating group) is 1. The predicted octanol–water partition coefficient (Wildman–Crippen LogP) is 2.99. The van der Waals surface area contributed by atoms with Crippen molar-refractivity contribution in [1.29, 1.82) is 0 Å². The van der Waals surface area contributed by atoms with Crippen molar-refractivity contribution in [3.63, 3.8) is 0 Å². The first-order chi connectivity index (χ1) is 7.99. The van der Waals surface area contributed by atoms with Crippen LogP contribution in [0.5, 0.6) is 0 Å². The Kier molecular flexibility index (Phi) is 5.16. The third-order valence-electron chi connectivity index (χ3n) is 3.79. The van der Waals surface area contributed by atoms with Gasteiger partial charge in [-0.3, -0.25) is 0 Å². The van der Waals surface area contributed by atoms with Crippen LogP contribution >= 0.6 is 0 Å². The second-order valence-corrected chi connectivity index (χ2v) is 5.45. The Balaban J connectivity index is 2.72. The third-order valence-corrected chi connectivity index (χ3v) is 3.79. The van der Waals surface area contributed by atoms with Gasteiger partial charge < -0.3 is 9.59 Å². The number of hydrogen-bond donors (Lipinski definition) is 1. The van der Waals surface area contributed by atoms with E-state index in [1.165, 1.54) is 12.8 Å². The van der Waals surface area contributed by atoms with Gasteiger partial charge in [-0.25, -0.2) is 0 Å². The normalized spacial score (nSPS) is 15.6. The van der Waals surface area contributed by atoms with Crippen LogP contribution in [0.3, 0.4) is 0 Å². The van der Waals surface area contributed by atoms with E-state index in [4.69, 9.17) is 0 Å². The zero-order valence-corrected chi connectivity index (χ0v) is 11.6. The summed E-state index contributed by atoms with van der Waals surface area (Å²) in [6, 6.07) is 10.2. The van der Waals surface area contributed by atoms with Crippen molar-refractivity contribution in [3.8, 4) is 0 Å². The molecule has 1 aromatic carbocycles. The number of nitrogens with zero attached hydrogens (tertiary/aromatic N) is 1. The van der Waals surface area contributed by atoms with Gasteiger partial charge in [0.2, 0.25) is 0 Å². The number of aliphatic hydroxyl groups is 1. The van der Waals surface area contributed by atoms with Crippen molar-refractivity contribution in [2.75, 3.05) is 20.6 Å². The molecule has 0 aromatic heterocycles. The zero-order chi connectivity index (χ0) is 12.9. The highest BCUT2D eigenvalue weighted by atomic mass is 16.3. The first-order valence-electron chi connectivity index (χ1n) is 6.54. The number of unbranched alkanes of at least 4 members (excludes halogenated alkanes) is 1. The molecular formula is C15H26NO+. The fourth-order valence-electron chi connectivity index (χ4n) is 2.08. The van der Waals surface area contributed by atoms with E-state index < -0.39 is 0 Å². The lowest BCUT2D eigenvalue weighted by molar-refractivity contribution is -0.917. The summed E-state index contributed by atoms with van der Waals surface area (Å²) in [6.45, 7) is 5.45. The molecule has 17 heavy (non-hydrogen) atoms. The molecule has 0 saturated carbocycles. The highest BCUT2D eigenvalue weighted by Crippen LogP contribution is 2.24. The van der Waals surface area contributed by atoms with Gasteiger partial charge in [0.1, 0.15) is 12.1 Å². The molecule has 96 valence electrons. The van der Waals surface area contributed by atoms with Gasteiger partial charge in [0.15, 0.2) is 0 Å². The minimum atomic E-state index is -0.386. The van der Waals surface area contributed by atoms with Gasteiger partial charge in [0.05, 0.1) is 20.6 Å². The highest BCUT2D eigenvalue weighted by molar-refractivity contribution is 5.18. The number of quaternary nitrogens is 1. The van der Waals surface area contributed by atoms with Gasteiger partial charge in [0, 0.05) is 0 Å². The monoisotopic (exact) mass is 236 g/mol. The molecule has 2 nitrogen and oxygen atoms in total. The predicted molar refractivity (Wildman–Crippen MR) is 72.7 cm³/mol. The Morgan fingerprint density at radius 1 is 1.18 bits per heavy atom. The Bertz CT molecular complexity index is 321. The molecule has 1 aromatic rings. The summed E-state index contributed by atoms with van der Waals surface area (Å²) in [5.74, 6) is 0. The molecule has 0 aliphatic carbocycles. The van der Waals surface area contributed by atoms with Crippen LogP contribution < -0.4 is 0 Å². The molecule has 1 N–H and O–H groups in total. The molecule has 2 unspecified atom stereocenters. The fraction of sp³-hybridized carbons (Fsp3) is 0.600. The maximum Gasteiger partial charge on any atom is 0.130 e. The largest absolute Gasteiger partial charge is 0.382 e. The molecule has 0 aliphatic rings. The maximum atomic E-state index is 10.4. The lowest BCUT2D eigenvalue weighted by Crippen LogP contribution is -2.50. The molecular weight excluding hydrogens is 210 g/mol. The van der Waals surface area contributed by atoms with Crippen molar-refractivity contribution in [3.05, 3.63) is 35.9 Å². The molecule has 0 radical (unpaired) electrons. The topological polar surface area (TPSA) is 20.2 Å². The smallest absolute Gasteiger partial charge is 0.130 e. The fourth-order valence-corrected chi connectivity index (χ4v) is 2.08. The van der Waals surface area contributed by atoms with Gasteiger partial charge in [-0.15, -0.1) is 0 Å². The van der Waals surface area contributed by atoms with Gasteiger partial charge in [-0.05, 0) is 18.9 Å². The van der Waals surface area contributed by atoms with Crippen molar-refractivity contribution in [2.24, 2.45) is 0 Å². The first kappa shape index (κ1) is 14.2. The molecule has 0 heterocycles. The first-order valence-corrected chi connectivity index (χ1v) is 6.54. The molecule has 0 spiro atoms. The van der Waals surface area contributed by atoms with Crippen LogP contribution in [-0.4, -0.2) is 36.3 Å². The van der Waals surface area contributed by atoms with Gasteiger partial charge in [-0.2, -0.15) is 0 Å². The molecule has 0 bridgehead atoms. The summed E-state index contributed by atoms with van der Waals surface area (Å²) in [4.78, 5) is 0. The quantitative estimate of drug-likeness (QED) is 0.753. The van der Waals surface area contributed by atoms with Crippen LogP contribution in [0, 0.1) is 0 Å². The molecule has 0 saturated heterocycles. The van der Waals surface area contributed by atoms with Crippen molar-refractivity contribution in [1.82, 2.24) is 0 Å². The Hall–Kier alpha value is -0.860. The minimum Gasteiger partial charge on any atom is -0.382 e. The van der Waals surface area contributed by atoms with Gasteiger partial charge in [-0.1, -0.05) is 43.7 Å². The summed E-state index contributed by atoms with van der Waals surface area (Å²) in [5, 5.41) is 10.4. The third kappa shape index (κ3) is 3.83. The lowest BCUT2D eigenvalue weighted by Gasteiger charge is -2.38. The maximum absolute atomic E-state index is 10.4. The summed E-state index contributed by atoms with van der Waals surface area (Å²) in [5.41, 5.74) is 1.02. The van der Waals surface area contributed by atoms with Crippen molar-refractivity contribution in [2.45, 2.75) is 38.8 Å². The summed E-state index contributed by atoms with van der Waals surface area (Å²) >= 11 is 0. The lowest BCUT2D eigenvalue weighted by atomic mass is 10.0. The second-order valence-electron chi connectivity index (χ2n) is 5.45. The average Bonchev–Trinajstić information content (AvgIpc) is 2.35. The van der Waals surface area contributed by atoms with E-state index in [-0.39, 0.29) is 12.1 Å². The number of aliphatic hydroxyl groups excluding tert-OH is 1. The van der Waals surface area contributed by atoms with E-state index in [9.17, 15) is 5.11 Å². The van der Waals surface area contributed by atoms with E-state index in [0.29, 0.717) is 0 Å². The molecule has 1 rings (SSSR count). The SMILES string of the molecule is CCCC[N+](C)(C)C(C)C(O)c1ccccc1. The van der Waals surface area contributed by atoms with Crippen LogP contribution in [-0.2, 0) is 0 Å². The van der Waals surface area contributed by atoms with Crippen molar-refractivity contribution < 1.29 is 9.59 Å². The number of hydrogen-bond acceptors (Lipinski definition) is 1. The van der Waals surface area contributed by atoms with Gasteiger partial charge in [0.25, 0.3) is 0 Å². The van der Waals surface area contributed by atoms with Crippen LogP contribution in [0.4, 0.5) is 0 Å². The highest BCUT2D eigenvalue weighted by Gasteiger charge is 2.30. The summed E-state index contributed by atoms with van der Waals surface area (Å²) < 4.78 is 0.865. The Morgan fingerprint density at radius 3 is 2.29 bits per heavy atom. The molecule has 0 aliphatic heterocycles. The Morgan fingerprint density at radius 2 is 1.76 bits per heavy atom.